The van der Waals surface area contributed by atoms with Crippen LogP contribution in [0.1, 0.15) is 33.1 Å². The molecular formula is C14H29N3. The number of nitrogens with zero attached hydrogens (tertiary/aromatic N) is 2. The number of rotatable bonds is 4. The fourth-order valence-corrected chi connectivity index (χ4v) is 3.20. The molecule has 2 heterocycles. The number of likely N-dealkylation sites (tertiary alicyclic amines) is 2. The molecular weight excluding hydrogens is 210 g/mol. The molecule has 2 aliphatic rings. The normalized spacial score (nSPS) is 32.5. The summed E-state index contributed by atoms with van der Waals surface area (Å²) < 4.78 is 0. The highest BCUT2D eigenvalue weighted by atomic mass is 15.2. The summed E-state index contributed by atoms with van der Waals surface area (Å²) >= 11 is 0. The van der Waals surface area contributed by atoms with E-state index in [1.807, 2.05) is 0 Å². The Labute approximate surface area is 107 Å². The predicted octanol–water partition coefficient (Wildman–Crippen LogP) is 1.40. The molecule has 0 spiro atoms. The van der Waals surface area contributed by atoms with Gasteiger partial charge < -0.3 is 10.2 Å². The SMILES string of the molecule is CC(C)N1CCC(NCC2CCCN(C)C2)C1. The van der Waals surface area contributed by atoms with Crippen LogP contribution in [0.25, 0.3) is 0 Å². The second kappa shape index (κ2) is 6.17. The van der Waals surface area contributed by atoms with Gasteiger partial charge in [-0.1, -0.05) is 0 Å². The molecule has 0 aromatic carbocycles. The first-order chi connectivity index (χ1) is 8.15. The third-order valence-corrected chi connectivity index (χ3v) is 4.37. The van der Waals surface area contributed by atoms with Crippen LogP contribution in [-0.2, 0) is 0 Å². The molecule has 0 saturated carbocycles. The zero-order chi connectivity index (χ0) is 12.3. The Kier molecular flexibility index (Phi) is 4.83. The third-order valence-electron chi connectivity index (χ3n) is 4.37. The lowest BCUT2D eigenvalue weighted by atomic mass is 9.98. The number of hydrogen-bond donors (Lipinski definition) is 1. The molecule has 0 radical (unpaired) electrons. The Hall–Kier alpha value is -0.120. The Morgan fingerprint density at radius 1 is 1.18 bits per heavy atom. The van der Waals surface area contributed by atoms with Gasteiger partial charge in [-0.3, -0.25) is 4.90 Å². The van der Waals surface area contributed by atoms with E-state index in [0.29, 0.717) is 6.04 Å². The topological polar surface area (TPSA) is 18.5 Å². The van der Waals surface area contributed by atoms with Gasteiger partial charge in [-0.15, -0.1) is 0 Å². The van der Waals surface area contributed by atoms with Gasteiger partial charge in [-0.2, -0.15) is 0 Å². The molecule has 0 aromatic rings. The average molecular weight is 239 g/mol. The quantitative estimate of drug-likeness (QED) is 0.800. The van der Waals surface area contributed by atoms with Crippen LogP contribution in [0.15, 0.2) is 0 Å². The molecule has 2 rings (SSSR count). The number of piperidine rings is 1. The van der Waals surface area contributed by atoms with Gasteiger partial charge in [0.15, 0.2) is 0 Å². The molecule has 0 bridgehead atoms. The second-order valence-corrected chi connectivity index (χ2v) is 6.25. The summed E-state index contributed by atoms with van der Waals surface area (Å²) in [4.78, 5) is 5.07. The molecule has 17 heavy (non-hydrogen) atoms. The van der Waals surface area contributed by atoms with Crippen molar-refractivity contribution in [1.29, 1.82) is 0 Å². The van der Waals surface area contributed by atoms with Gasteiger partial charge in [-0.05, 0) is 65.7 Å². The standard InChI is InChI=1S/C14H29N3/c1-12(2)17-8-6-14(11-17)15-9-13-5-4-7-16(3)10-13/h12-15H,4-11H2,1-3H3. The van der Waals surface area contributed by atoms with E-state index in [4.69, 9.17) is 0 Å². The van der Waals surface area contributed by atoms with Crippen molar-refractivity contribution in [3.05, 3.63) is 0 Å². The summed E-state index contributed by atoms with van der Waals surface area (Å²) in [6.45, 7) is 10.9. The van der Waals surface area contributed by atoms with E-state index in [9.17, 15) is 0 Å². The first kappa shape index (κ1) is 13.3. The lowest BCUT2D eigenvalue weighted by Crippen LogP contribution is -2.41. The van der Waals surface area contributed by atoms with Crippen molar-refractivity contribution >= 4 is 0 Å². The summed E-state index contributed by atoms with van der Waals surface area (Å²) in [5.74, 6) is 0.877. The van der Waals surface area contributed by atoms with Crippen LogP contribution in [0, 0.1) is 5.92 Å². The molecule has 2 fully saturated rings. The van der Waals surface area contributed by atoms with Crippen molar-refractivity contribution in [1.82, 2.24) is 15.1 Å². The summed E-state index contributed by atoms with van der Waals surface area (Å²) in [5.41, 5.74) is 0. The van der Waals surface area contributed by atoms with Crippen molar-refractivity contribution in [2.45, 2.75) is 45.2 Å². The summed E-state index contributed by atoms with van der Waals surface area (Å²) in [7, 11) is 2.25. The van der Waals surface area contributed by atoms with Crippen LogP contribution in [0.3, 0.4) is 0 Å². The van der Waals surface area contributed by atoms with Gasteiger partial charge in [0.2, 0.25) is 0 Å². The molecule has 2 atom stereocenters. The van der Waals surface area contributed by atoms with E-state index < -0.39 is 0 Å². The highest BCUT2D eigenvalue weighted by Gasteiger charge is 2.25. The van der Waals surface area contributed by atoms with Gasteiger partial charge in [-0.25, -0.2) is 0 Å². The van der Waals surface area contributed by atoms with Gasteiger partial charge in [0.25, 0.3) is 0 Å². The van der Waals surface area contributed by atoms with Gasteiger partial charge in [0.05, 0.1) is 0 Å². The van der Waals surface area contributed by atoms with Crippen LogP contribution in [0.4, 0.5) is 0 Å². The summed E-state index contributed by atoms with van der Waals surface area (Å²) in [6, 6.07) is 1.45. The van der Waals surface area contributed by atoms with Gasteiger partial charge in [0, 0.05) is 25.2 Å². The Balaban J connectivity index is 1.65. The smallest absolute Gasteiger partial charge is 0.0207 e. The van der Waals surface area contributed by atoms with E-state index in [-0.39, 0.29) is 0 Å². The Morgan fingerprint density at radius 3 is 2.65 bits per heavy atom. The zero-order valence-corrected chi connectivity index (χ0v) is 11.8. The Bertz CT molecular complexity index is 230. The van der Waals surface area contributed by atoms with Crippen molar-refractivity contribution in [3.63, 3.8) is 0 Å². The molecule has 0 aliphatic carbocycles. The van der Waals surface area contributed by atoms with E-state index >= 15 is 0 Å². The molecule has 3 heteroatoms. The maximum absolute atomic E-state index is 3.79. The lowest BCUT2D eigenvalue weighted by molar-refractivity contribution is 0.201. The lowest BCUT2D eigenvalue weighted by Gasteiger charge is -2.30. The van der Waals surface area contributed by atoms with E-state index in [1.165, 1.54) is 52.0 Å². The van der Waals surface area contributed by atoms with Crippen molar-refractivity contribution in [3.8, 4) is 0 Å². The minimum Gasteiger partial charge on any atom is -0.312 e. The third kappa shape index (κ3) is 3.94. The zero-order valence-electron chi connectivity index (χ0n) is 11.8. The second-order valence-electron chi connectivity index (χ2n) is 6.25. The molecule has 0 amide bonds. The van der Waals surface area contributed by atoms with Crippen LogP contribution < -0.4 is 5.32 Å². The van der Waals surface area contributed by atoms with Gasteiger partial charge >= 0.3 is 0 Å². The van der Waals surface area contributed by atoms with Crippen molar-refractivity contribution < 1.29 is 0 Å². The van der Waals surface area contributed by atoms with Crippen molar-refractivity contribution in [2.24, 2.45) is 5.92 Å². The van der Waals surface area contributed by atoms with E-state index in [0.717, 1.165) is 12.0 Å². The molecule has 100 valence electrons. The summed E-state index contributed by atoms with van der Waals surface area (Å²) in [6.07, 6.45) is 4.13. The van der Waals surface area contributed by atoms with Crippen LogP contribution in [-0.4, -0.2) is 61.7 Å². The first-order valence-corrected chi connectivity index (χ1v) is 7.31. The van der Waals surface area contributed by atoms with Crippen LogP contribution in [0.2, 0.25) is 0 Å². The number of nitrogens with one attached hydrogen (secondary N) is 1. The van der Waals surface area contributed by atoms with Crippen molar-refractivity contribution in [2.75, 3.05) is 39.8 Å². The number of hydrogen-bond acceptors (Lipinski definition) is 3. The molecule has 1 N–H and O–H groups in total. The minimum absolute atomic E-state index is 0.711. The maximum Gasteiger partial charge on any atom is 0.0207 e. The fraction of sp³-hybridized carbons (Fsp3) is 1.00. The molecule has 3 nitrogen and oxygen atoms in total. The molecule has 2 saturated heterocycles. The minimum atomic E-state index is 0.711. The maximum atomic E-state index is 3.79. The molecule has 0 aromatic heterocycles. The van der Waals surface area contributed by atoms with Crippen LogP contribution in [0.5, 0.6) is 0 Å². The predicted molar refractivity (Wildman–Crippen MR) is 73.3 cm³/mol. The monoisotopic (exact) mass is 239 g/mol. The fourth-order valence-electron chi connectivity index (χ4n) is 3.20. The van der Waals surface area contributed by atoms with Gasteiger partial charge in [0.1, 0.15) is 0 Å². The largest absolute Gasteiger partial charge is 0.312 e. The average Bonchev–Trinajstić information content (AvgIpc) is 2.75. The Morgan fingerprint density at radius 2 is 2.00 bits per heavy atom. The summed E-state index contributed by atoms with van der Waals surface area (Å²) in [5, 5.41) is 3.79. The highest BCUT2D eigenvalue weighted by molar-refractivity contribution is 4.84. The highest BCUT2D eigenvalue weighted by Crippen LogP contribution is 2.16. The molecule has 2 aliphatic heterocycles. The van der Waals surface area contributed by atoms with E-state index in [1.54, 1.807) is 0 Å². The van der Waals surface area contributed by atoms with E-state index in [2.05, 4.69) is 36.0 Å². The molecule has 2 unspecified atom stereocenters. The first-order valence-electron chi connectivity index (χ1n) is 7.31. The van der Waals surface area contributed by atoms with Crippen LogP contribution >= 0.6 is 0 Å².